The molecule has 0 saturated carbocycles. The number of benzene rings is 2. The Morgan fingerprint density at radius 2 is 2.00 bits per heavy atom. The van der Waals surface area contributed by atoms with Gasteiger partial charge in [0.15, 0.2) is 0 Å². The maximum absolute atomic E-state index is 13.1. The van der Waals surface area contributed by atoms with Crippen LogP contribution >= 0.6 is 0 Å². The van der Waals surface area contributed by atoms with E-state index in [1.807, 2.05) is 31.2 Å². The summed E-state index contributed by atoms with van der Waals surface area (Å²) in [5.41, 5.74) is 3.18. The van der Waals surface area contributed by atoms with Crippen LogP contribution in [0.1, 0.15) is 21.5 Å². The van der Waals surface area contributed by atoms with Crippen LogP contribution in [0.25, 0.3) is 0 Å². The van der Waals surface area contributed by atoms with Crippen LogP contribution in [0, 0.1) is 12.7 Å². The average molecular weight is 309 g/mol. The van der Waals surface area contributed by atoms with Crippen molar-refractivity contribution in [3.05, 3.63) is 83.4 Å². The molecule has 0 saturated heterocycles. The molecule has 0 atom stereocenters. The molecule has 1 amide bonds. The zero-order valence-electron chi connectivity index (χ0n) is 12.7. The van der Waals surface area contributed by atoms with E-state index in [1.54, 1.807) is 23.1 Å². The molecule has 0 aliphatic rings. The number of hydrogen-bond donors (Lipinski definition) is 1. The molecule has 0 fully saturated rings. The van der Waals surface area contributed by atoms with Crippen LogP contribution in [-0.2, 0) is 6.54 Å². The molecule has 0 aliphatic carbocycles. The number of amides is 1. The first kappa shape index (κ1) is 15.0. The van der Waals surface area contributed by atoms with Gasteiger partial charge in [0.25, 0.3) is 5.91 Å². The average Bonchev–Trinajstić information content (AvgIpc) is 2.96. The fraction of sp³-hybridized carbons (Fsp3) is 0.111. The lowest BCUT2D eigenvalue weighted by molar-refractivity contribution is 0.102. The predicted octanol–water partition coefficient (Wildman–Crippen LogP) is 3.63. The van der Waals surface area contributed by atoms with Crippen molar-refractivity contribution in [1.29, 1.82) is 0 Å². The van der Waals surface area contributed by atoms with Crippen molar-refractivity contribution in [3.63, 3.8) is 0 Å². The van der Waals surface area contributed by atoms with Gasteiger partial charge >= 0.3 is 0 Å². The maximum atomic E-state index is 13.1. The van der Waals surface area contributed by atoms with Crippen molar-refractivity contribution < 1.29 is 9.18 Å². The van der Waals surface area contributed by atoms with Gasteiger partial charge in [-0.2, -0.15) is 5.10 Å². The number of anilines is 1. The van der Waals surface area contributed by atoms with Gasteiger partial charge in [0.05, 0.1) is 18.4 Å². The van der Waals surface area contributed by atoms with Gasteiger partial charge < -0.3 is 5.32 Å². The van der Waals surface area contributed by atoms with Gasteiger partial charge in [-0.1, -0.05) is 35.9 Å². The molecule has 0 unspecified atom stereocenters. The SMILES string of the molecule is Cc1ccc(Cn2cc(NC(=O)c3cccc(F)c3)cn2)cc1. The van der Waals surface area contributed by atoms with Crippen molar-refractivity contribution in [3.8, 4) is 0 Å². The molecule has 4 nitrogen and oxygen atoms in total. The van der Waals surface area contributed by atoms with Crippen LogP contribution in [-0.4, -0.2) is 15.7 Å². The number of carbonyl (C=O) groups excluding carboxylic acids is 1. The highest BCUT2D eigenvalue weighted by atomic mass is 19.1. The van der Waals surface area contributed by atoms with Crippen molar-refractivity contribution in [2.75, 3.05) is 5.32 Å². The van der Waals surface area contributed by atoms with Gasteiger partial charge in [-0.05, 0) is 30.7 Å². The van der Waals surface area contributed by atoms with Crippen LogP contribution in [0.4, 0.5) is 10.1 Å². The lowest BCUT2D eigenvalue weighted by Gasteiger charge is -2.03. The minimum Gasteiger partial charge on any atom is -0.319 e. The third kappa shape index (κ3) is 3.83. The second-order valence-electron chi connectivity index (χ2n) is 5.38. The Morgan fingerprint density at radius 1 is 1.22 bits per heavy atom. The molecular weight excluding hydrogens is 293 g/mol. The normalized spacial score (nSPS) is 10.5. The van der Waals surface area contributed by atoms with Gasteiger partial charge in [0.2, 0.25) is 0 Å². The van der Waals surface area contributed by atoms with Crippen LogP contribution < -0.4 is 5.32 Å². The summed E-state index contributed by atoms with van der Waals surface area (Å²) in [5.74, 6) is -0.799. The number of carbonyl (C=O) groups is 1. The minimum absolute atomic E-state index is 0.274. The number of halogens is 1. The van der Waals surface area contributed by atoms with Gasteiger partial charge in [-0.25, -0.2) is 4.39 Å². The summed E-state index contributed by atoms with van der Waals surface area (Å²) >= 11 is 0. The molecule has 0 bridgehead atoms. The van der Waals surface area contributed by atoms with Crippen LogP contribution in [0.3, 0.4) is 0 Å². The van der Waals surface area contributed by atoms with E-state index in [0.717, 1.165) is 5.56 Å². The van der Waals surface area contributed by atoms with Crippen LogP contribution in [0.2, 0.25) is 0 Å². The lowest BCUT2D eigenvalue weighted by Crippen LogP contribution is -2.11. The highest BCUT2D eigenvalue weighted by Gasteiger charge is 2.08. The van der Waals surface area contributed by atoms with E-state index in [2.05, 4.69) is 10.4 Å². The second-order valence-corrected chi connectivity index (χ2v) is 5.38. The number of aromatic nitrogens is 2. The number of nitrogens with zero attached hydrogens (tertiary/aromatic N) is 2. The molecule has 3 aromatic rings. The number of hydrogen-bond acceptors (Lipinski definition) is 2. The Bertz CT molecular complexity index is 824. The molecule has 0 radical (unpaired) electrons. The van der Waals surface area contributed by atoms with Crippen molar-refractivity contribution in [1.82, 2.24) is 9.78 Å². The fourth-order valence-corrected chi connectivity index (χ4v) is 2.23. The molecule has 3 rings (SSSR count). The van der Waals surface area contributed by atoms with E-state index in [1.165, 1.54) is 23.8 Å². The summed E-state index contributed by atoms with van der Waals surface area (Å²) in [5, 5.41) is 6.94. The summed E-state index contributed by atoms with van der Waals surface area (Å²) in [4.78, 5) is 12.1. The molecule has 1 N–H and O–H groups in total. The molecule has 5 heteroatoms. The van der Waals surface area contributed by atoms with E-state index in [4.69, 9.17) is 0 Å². The fourth-order valence-electron chi connectivity index (χ4n) is 2.23. The first-order valence-corrected chi connectivity index (χ1v) is 7.25. The Morgan fingerprint density at radius 3 is 2.74 bits per heavy atom. The zero-order chi connectivity index (χ0) is 16.2. The largest absolute Gasteiger partial charge is 0.319 e. The highest BCUT2D eigenvalue weighted by Crippen LogP contribution is 2.11. The molecule has 116 valence electrons. The number of rotatable bonds is 4. The van der Waals surface area contributed by atoms with Crippen LogP contribution in [0.5, 0.6) is 0 Å². The smallest absolute Gasteiger partial charge is 0.255 e. The van der Waals surface area contributed by atoms with Crippen LogP contribution in [0.15, 0.2) is 60.9 Å². The first-order chi connectivity index (χ1) is 11.1. The molecule has 1 aromatic heterocycles. The minimum atomic E-state index is -0.437. The molecule has 1 heterocycles. The van der Waals surface area contributed by atoms with E-state index >= 15 is 0 Å². The van der Waals surface area contributed by atoms with E-state index in [-0.39, 0.29) is 11.5 Å². The highest BCUT2D eigenvalue weighted by molar-refractivity contribution is 6.04. The Balaban J connectivity index is 1.67. The quantitative estimate of drug-likeness (QED) is 0.800. The van der Waals surface area contributed by atoms with Gasteiger partial charge in [-0.15, -0.1) is 0 Å². The Hall–Kier alpha value is -2.95. The van der Waals surface area contributed by atoms with Gasteiger partial charge in [0.1, 0.15) is 5.82 Å². The molecular formula is C18H16FN3O. The molecule has 0 aliphatic heterocycles. The number of nitrogens with one attached hydrogen (secondary N) is 1. The van der Waals surface area contributed by atoms with E-state index in [0.29, 0.717) is 12.2 Å². The lowest BCUT2D eigenvalue weighted by atomic mass is 10.1. The third-order valence-electron chi connectivity index (χ3n) is 3.44. The Labute approximate surface area is 133 Å². The predicted molar refractivity (Wildman–Crippen MR) is 86.9 cm³/mol. The second kappa shape index (κ2) is 6.44. The first-order valence-electron chi connectivity index (χ1n) is 7.25. The molecule has 0 spiro atoms. The summed E-state index contributed by atoms with van der Waals surface area (Å²) in [6.45, 7) is 2.66. The van der Waals surface area contributed by atoms with Crippen molar-refractivity contribution in [2.45, 2.75) is 13.5 Å². The topological polar surface area (TPSA) is 46.9 Å². The summed E-state index contributed by atoms with van der Waals surface area (Å²) in [6.07, 6.45) is 3.32. The zero-order valence-corrected chi connectivity index (χ0v) is 12.7. The van der Waals surface area contributed by atoms with E-state index < -0.39 is 5.82 Å². The van der Waals surface area contributed by atoms with E-state index in [9.17, 15) is 9.18 Å². The third-order valence-corrected chi connectivity index (χ3v) is 3.44. The maximum Gasteiger partial charge on any atom is 0.255 e. The Kier molecular flexibility index (Phi) is 4.19. The monoisotopic (exact) mass is 309 g/mol. The summed E-state index contributed by atoms with van der Waals surface area (Å²) in [7, 11) is 0. The van der Waals surface area contributed by atoms with Gasteiger partial charge in [-0.3, -0.25) is 9.48 Å². The molecule has 23 heavy (non-hydrogen) atoms. The van der Waals surface area contributed by atoms with Crippen molar-refractivity contribution >= 4 is 11.6 Å². The standard InChI is InChI=1S/C18H16FN3O/c1-13-5-7-14(8-6-13)11-22-12-17(10-20-22)21-18(23)15-3-2-4-16(19)9-15/h2-10,12H,11H2,1H3,(H,21,23). The van der Waals surface area contributed by atoms with Gasteiger partial charge in [0, 0.05) is 11.8 Å². The summed E-state index contributed by atoms with van der Waals surface area (Å²) in [6, 6.07) is 13.8. The number of aryl methyl sites for hydroxylation is 1. The summed E-state index contributed by atoms with van der Waals surface area (Å²) < 4.78 is 14.9. The molecule has 2 aromatic carbocycles. The van der Waals surface area contributed by atoms with Crippen molar-refractivity contribution in [2.24, 2.45) is 0 Å².